The van der Waals surface area contributed by atoms with Crippen LogP contribution in [0.2, 0.25) is 10.0 Å². The van der Waals surface area contributed by atoms with Gasteiger partial charge in [0, 0.05) is 35.0 Å². The molecule has 184 valence electrons. The van der Waals surface area contributed by atoms with Crippen molar-refractivity contribution in [2.24, 2.45) is 0 Å². The molecular weight excluding hydrogens is 479 g/mol. The molecule has 0 spiro atoms. The Morgan fingerprint density at radius 1 is 0.886 bits per heavy atom. The van der Waals surface area contributed by atoms with Gasteiger partial charge in [-0.2, -0.15) is 0 Å². The van der Waals surface area contributed by atoms with Gasteiger partial charge in [0.25, 0.3) is 0 Å². The van der Waals surface area contributed by atoms with Gasteiger partial charge < -0.3 is 10.2 Å². The molecule has 4 nitrogen and oxygen atoms in total. The van der Waals surface area contributed by atoms with Crippen molar-refractivity contribution in [2.75, 3.05) is 0 Å². The van der Waals surface area contributed by atoms with Crippen molar-refractivity contribution >= 4 is 35.0 Å². The van der Waals surface area contributed by atoms with Crippen molar-refractivity contribution in [2.45, 2.75) is 58.2 Å². The van der Waals surface area contributed by atoms with E-state index in [0.29, 0.717) is 22.9 Å². The van der Waals surface area contributed by atoms with Crippen LogP contribution in [0, 0.1) is 0 Å². The summed E-state index contributed by atoms with van der Waals surface area (Å²) in [7, 11) is 0. The SMILES string of the molecule is CC(C)(C)NC(=O)[C@H](Cc1ccccc1)N(Cc1ccc(Cl)cc1Cl)C(=O)CCc1ccccc1. The van der Waals surface area contributed by atoms with Crippen LogP contribution in [0.25, 0.3) is 0 Å². The van der Waals surface area contributed by atoms with Crippen molar-refractivity contribution in [3.8, 4) is 0 Å². The second-order valence-corrected chi connectivity index (χ2v) is 10.5. The third-order valence-corrected chi connectivity index (χ3v) is 6.18. The van der Waals surface area contributed by atoms with Gasteiger partial charge in [0.2, 0.25) is 11.8 Å². The highest BCUT2D eigenvalue weighted by Gasteiger charge is 2.32. The number of carbonyl (C=O) groups is 2. The van der Waals surface area contributed by atoms with Gasteiger partial charge >= 0.3 is 0 Å². The monoisotopic (exact) mass is 510 g/mol. The number of nitrogens with one attached hydrogen (secondary N) is 1. The normalized spacial score (nSPS) is 12.1. The molecule has 0 heterocycles. The maximum atomic E-state index is 13.7. The van der Waals surface area contributed by atoms with Crippen molar-refractivity contribution < 1.29 is 9.59 Å². The standard InChI is InChI=1S/C29H32Cl2N2O2/c1-29(2,3)32-28(35)26(18-22-12-8-5-9-13-22)33(20-23-15-16-24(30)19-25(23)31)27(34)17-14-21-10-6-4-7-11-21/h4-13,15-16,19,26H,14,17-18,20H2,1-3H3,(H,32,35)/t26-/m0/s1. The van der Waals surface area contributed by atoms with Crippen LogP contribution >= 0.6 is 23.2 Å². The van der Waals surface area contributed by atoms with Crippen LogP contribution in [-0.2, 0) is 29.0 Å². The zero-order valence-corrected chi connectivity index (χ0v) is 21.9. The van der Waals surface area contributed by atoms with E-state index in [-0.39, 0.29) is 24.8 Å². The van der Waals surface area contributed by atoms with Crippen LogP contribution in [0.1, 0.15) is 43.9 Å². The van der Waals surface area contributed by atoms with Crippen LogP contribution in [0.15, 0.2) is 78.9 Å². The molecule has 0 saturated carbocycles. The van der Waals surface area contributed by atoms with E-state index in [4.69, 9.17) is 23.2 Å². The molecule has 0 unspecified atom stereocenters. The van der Waals surface area contributed by atoms with Crippen molar-refractivity contribution in [1.29, 1.82) is 0 Å². The van der Waals surface area contributed by atoms with Crippen molar-refractivity contribution in [1.82, 2.24) is 10.2 Å². The summed E-state index contributed by atoms with van der Waals surface area (Å²) in [5.74, 6) is -0.302. The predicted molar refractivity (Wildman–Crippen MR) is 144 cm³/mol. The van der Waals surface area contributed by atoms with Crippen LogP contribution in [0.4, 0.5) is 0 Å². The molecule has 0 aliphatic heterocycles. The molecule has 0 radical (unpaired) electrons. The minimum atomic E-state index is -0.702. The van der Waals surface area contributed by atoms with E-state index in [2.05, 4.69) is 5.32 Å². The number of halogens is 2. The van der Waals surface area contributed by atoms with Crippen LogP contribution in [0.5, 0.6) is 0 Å². The average molecular weight is 511 g/mol. The molecule has 0 fully saturated rings. The average Bonchev–Trinajstić information content (AvgIpc) is 2.81. The smallest absolute Gasteiger partial charge is 0.243 e. The summed E-state index contributed by atoms with van der Waals surface area (Å²) in [6, 6.07) is 24.1. The Kier molecular flexibility index (Phi) is 9.36. The first kappa shape index (κ1) is 26.8. The Morgan fingerprint density at radius 3 is 2.06 bits per heavy atom. The molecule has 3 aromatic rings. The third-order valence-electron chi connectivity index (χ3n) is 5.60. The first-order valence-electron chi connectivity index (χ1n) is 11.8. The van der Waals surface area contributed by atoms with Gasteiger partial charge in [-0.3, -0.25) is 9.59 Å². The predicted octanol–water partition coefficient (Wildman–Crippen LogP) is 6.48. The van der Waals surface area contributed by atoms with E-state index in [1.807, 2.05) is 87.5 Å². The van der Waals surface area contributed by atoms with E-state index >= 15 is 0 Å². The van der Waals surface area contributed by atoms with E-state index in [1.54, 1.807) is 17.0 Å². The summed E-state index contributed by atoms with van der Waals surface area (Å²) in [4.78, 5) is 28.9. The summed E-state index contributed by atoms with van der Waals surface area (Å²) in [6.07, 6.45) is 1.26. The first-order chi connectivity index (χ1) is 16.6. The molecular formula is C29H32Cl2N2O2. The quantitative estimate of drug-likeness (QED) is 0.358. The number of nitrogens with zero attached hydrogens (tertiary/aromatic N) is 1. The molecule has 3 rings (SSSR count). The topological polar surface area (TPSA) is 49.4 Å². The van der Waals surface area contributed by atoms with Crippen LogP contribution < -0.4 is 5.32 Å². The highest BCUT2D eigenvalue weighted by atomic mass is 35.5. The fourth-order valence-corrected chi connectivity index (χ4v) is 4.35. The number of hydrogen-bond donors (Lipinski definition) is 1. The number of hydrogen-bond acceptors (Lipinski definition) is 2. The van der Waals surface area contributed by atoms with Crippen molar-refractivity contribution in [3.05, 3.63) is 106 Å². The van der Waals surface area contributed by atoms with Crippen LogP contribution in [0.3, 0.4) is 0 Å². The maximum absolute atomic E-state index is 13.7. The zero-order chi connectivity index (χ0) is 25.4. The van der Waals surface area contributed by atoms with Gasteiger partial charge in [-0.15, -0.1) is 0 Å². The summed E-state index contributed by atoms with van der Waals surface area (Å²) in [6.45, 7) is 6.00. The fraction of sp³-hybridized carbons (Fsp3) is 0.310. The molecule has 1 atom stereocenters. The summed E-state index contributed by atoms with van der Waals surface area (Å²) in [5.41, 5.74) is 2.35. The molecule has 35 heavy (non-hydrogen) atoms. The Hall–Kier alpha value is -2.82. The van der Waals surface area contributed by atoms with Gasteiger partial charge in [-0.05, 0) is 56.0 Å². The van der Waals surface area contributed by atoms with E-state index in [1.165, 1.54) is 0 Å². The second kappa shape index (κ2) is 12.2. The molecule has 0 bridgehead atoms. The number of carbonyl (C=O) groups excluding carboxylic acids is 2. The molecule has 1 N–H and O–H groups in total. The van der Waals surface area contributed by atoms with Gasteiger partial charge in [0.1, 0.15) is 6.04 Å². The van der Waals surface area contributed by atoms with Crippen LogP contribution in [-0.4, -0.2) is 28.3 Å². The van der Waals surface area contributed by atoms with Gasteiger partial charge in [0.05, 0.1) is 0 Å². The molecule has 0 aliphatic rings. The molecule has 3 aromatic carbocycles. The number of rotatable bonds is 9. The Balaban J connectivity index is 1.95. The highest BCUT2D eigenvalue weighted by molar-refractivity contribution is 6.35. The summed E-state index contributed by atoms with van der Waals surface area (Å²) in [5, 5.41) is 4.06. The Bertz CT molecular complexity index is 1130. The summed E-state index contributed by atoms with van der Waals surface area (Å²) < 4.78 is 0. The molecule has 0 saturated heterocycles. The lowest BCUT2D eigenvalue weighted by Crippen LogP contribution is -2.54. The highest BCUT2D eigenvalue weighted by Crippen LogP contribution is 2.25. The van der Waals surface area contributed by atoms with Gasteiger partial charge in [0.15, 0.2) is 0 Å². The molecule has 6 heteroatoms. The number of aryl methyl sites for hydroxylation is 1. The lowest BCUT2D eigenvalue weighted by molar-refractivity contribution is -0.141. The molecule has 0 aliphatic carbocycles. The molecule has 2 amide bonds. The minimum Gasteiger partial charge on any atom is -0.350 e. The largest absolute Gasteiger partial charge is 0.350 e. The maximum Gasteiger partial charge on any atom is 0.243 e. The Labute approximate surface area is 218 Å². The van der Waals surface area contributed by atoms with E-state index in [9.17, 15) is 9.59 Å². The second-order valence-electron chi connectivity index (χ2n) is 9.69. The lowest BCUT2D eigenvalue weighted by atomic mass is 10.00. The zero-order valence-electron chi connectivity index (χ0n) is 20.4. The van der Waals surface area contributed by atoms with E-state index < -0.39 is 11.6 Å². The molecule has 0 aromatic heterocycles. The Morgan fingerprint density at radius 2 is 1.49 bits per heavy atom. The third kappa shape index (κ3) is 8.41. The van der Waals surface area contributed by atoms with Gasteiger partial charge in [-0.1, -0.05) is 89.9 Å². The minimum absolute atomic E-state index is 0.107. The fourth-order valence-electron chi connectivity index (χ4n) is 3.88. The summed E-state index contributed by atoms with van der Waals surface area (Å²) >= 11 is 12.6. The van der Waals surface area contributed by atoms with Crippen molar-refractivity contribution in [3.63, 3.8) is 0 Å². The lowest BCUT2D eigenvalue weighted by Gasteiger charge is -2.34. The number of benzene rings is 3. The van der Waals surface area contributed by atoms with Gasteiger partial charge in [-0.25, -0.2) is 0 Å². The first-order valence-corrected chi connectivity index (χ1v) is 12.5. The number of amides is 2. The van der Waals surface area contributed by atoms with E-state index in [0.717, 1.165) is 16.7 Å².